The van der Waals surface area contributed by atoms with Crippen LogP contribution < -0.4 is 20.1 Å². The van der Waals surface area contributed by atoms with E-state index >= 15 is 0 Å². The van der Waals surface area contributed by atoms with Gasteiger partial charge in [0.05, 0.1) is 13.7 Å². The molecule has 1 aromatic rings. The smallest absolute Gasteiger partial charge is 0.387 e. The second-order valence-corrected chi connectivity index (χ2v) is 6.30. The van der Waals surface area contributed by atoms with Crippen LogP contribution in [0.3, 0.4) is 0 Å². The number of rotatable bonds is 12. The van der Waals surface area contributed by atoms with Gasteiger partial charge in [-0.1, -0.05) is 13.8 Å². The number of nitrogens with one attached hydrogen (secondary N) is 2. The Kier molecular flexibility index (Phi) is 11.2. The Morgan fingerprint density at radius 3 is 2.63 bits per heavy atom. The number of hydrogen-bond donors (Lipinski definition) is 2. The van der Waals surface area contributed by atoms with E-state index in [2.05, 4.69) is 34.2 Å². The van der Waals surface area contributed by atoms with Crippen LogP contribution in [0.25, 0.3) is 0 Å². The van der Waals surface area contributed by atoms with Crippen molar-refractivity contribution in [2.24, 2.45) is 10.9 Å². The molecule has 0 atom stereocenters. The third-order valence-electron chi connectivity index (χ3n) is 3.45. The molecule has 2 N–H and O–H groups in total. The van der Waals surface area contributed by atoms with E-state index in [0.29, 0.717) is 42.9 Å². The summed E-state index contributed by atoms with van der Waals surface area (Å²) in [4.78, 5) is 4.44. The van der Waals surface area contributed by atoms with Gasteiger partial charge in [-0.15, -0.1) is 0 Å². The predicted octanol–water partition coefficient (Wildman–Crippen LogP) is 3.41. The summed E-state index contributed by atoms with van der Waals surface area (Å²) >= 11 is 0. The van der Waals surface area contributed by atoms with Gasteiger partial charge >= 0.3 is 6.61 Å². The molecule has 27 heavy (non-hydrogen) atoms. The van der Waals surface area contributed by atoms with Gasteiger partial charge in [-0.05, 0) is 31.4 Å². The molecule has 0 aliphatic carbocycles. The van der Waals surface area contributed by atoms with Crippen molar-refractivity contribution in [1.29, 1.82) is 0 Å². The molecule has 0 aromatic heterocycles. The lowest BCUT2D eigenvalue weighted by atomic mass is 10.2. The fourth-order valence-corrected chi connectivity index (χ4v) is 2.20. The van der Waals surface area contributed by atoms with Crippen molar-refractivity contribution in [3.8, 4) is 11.5 Å². The third-order valence-corrected chi connectivity index (χ3v) is 3.45. The highest BCUT2D eigenvalue weighted by atomic mass is 19.3. The summed E-state index contributed by atoms with van der Waals surface area (Å²) in [6.45, 7) is 6.29. The van der Waals surface area contributed by atoms with E-state index in [1.165, 1.54) is 13.2 Å². The monoisotopic (exact) mass is 387 g/mol. The predicted molar refractivity (Wildman–Crippen MR) is 103 cm³/mol. The van der Waals surface area contributed by atoms with E-state index in [1.807, 2.05) is 6.92 Å². The normalized spacial score (nSPS) is 11.8. The van der Waals surface area contributed by atoms with Crippen LogP contribution in [-0.4, -0.2) is 46.0 Å². The molecule has 1 aromatic carbocycles. The van der Waals surface area contributed by atoms with Gasteiger partial charge < -0.3 is 24.8 Å². The molecule has 0 radical (unpaired) electrons. The SMILES string of the molecule is CCNC(=NCc1ccc(OC)cc1OC(F)F)NCCCOCC(C)C. The van der Waals surface area contributed by atoms with E-state index in [4.69, 9.17) is 9.47 Å². The molecular formula is C19H31F2N3O3. The zero-order valence-corrected chi connectivity index (χ0v) is 16.6. The van der Waals surface area contributed by atoms with E-state index in [1.54, 1.807) is 12.1 Å². The Balaban J connectivity index is 2.63. The third kappa shape index (κ3) is 9.98. The van der Waals surface area contributed by atoms with Crippen molar-refractivity contribution in [3.63, 3.8) is 0 Å². The van der Waals surface area contributed by atoms with Crippen molar-refractivity contribution in [3.05, 3.63) is 23.8 Å². The Morgan fingerprint density at radius 2 is 2.00 bits per heavy atom. The van der Waals surface area contributed by atoms with Crippen molar-refractivity contribution >= 4 is 5.96 Å². The first-order valence-electron chi connectivity index (χ1n) is 9.17. The molecule has 0 aliphatic rings. The first-order chi connectivity index (χ1) is 13.0. The van der Waals surface area contributed by atoms with Gasteiger partial charge in [0.25, 0.3) is 0 Å². The summed E-state index contributed by atoms with van der Waals surface area (Å²) in [5.74, 6) is 1.64. The molecule has 0 saturated carbocycles. The minimum Gasteiger partial charge on any atom is -0.497 e. The van der Waals surface area contributed by atoms with E-state index in [9.17, 15) is 8.78 Å². The van der Waals surface area contributed by atoms with Crippen molar-refractivity contribution < 1.29 is 23.0 Å². The Bertz CT molecular complexity index is 569. The zero-order valence-electron chi connectivity index (χ0n) is 16.6. The average Bonchev–Trinajstić information content (AvgIpc) is 2.62. The van der Waals surface area contributed by atoms with Crippen LogP contribution in [0.4, 0.5) is 8.78 Å². The number of hydrogen-bond acceptors (Lipinski definition) is 4. The maximum atomic E-state index is 12.6. The first-order valence-corrected chi connectivity index (χ1v) is 9.17. The number of ether oxygens (including phenoxy) is 3. The number of nitrogens with zero attached hydrogens (tertiary/aromatic N) is 1. The molecule has 6 nitrogen and oxygen atoms in total. The van der Waals surface area contributed by atoms with Gasteiger partial charge in [0.15, 0.2) is 5.96 Å². The van der Waals surface area contributed by atoms with Crippen LogP contribution >= 0.6 is 0 Å². The van der Waals surface area contributed by atoms with E-state index in [0.717, 1.165) is 13.0 Å². The molecular weight excluding hydrogens is 356 g/mol. The molecule has 0 unspecified atom stereocenters. The highest BCUT2D eigenvalue weighted by Crippen LogP contribution is 2.27. The molecule has 0 amide bonds. The summed E-state index contributed by atoms with van der Waals surface area (Å²) < 4.78 is 40.5. The van der Waals surface area contributed by atoms with Crippen molar-refractivity contribution in [1.82, 2.24) is 10.6 Å². The van der Waals surface area contributed by atoms with Gasteiger partial charge in [0.2, 0.25) is 0 Å². The fraction of sp³-hybridized carbons (Fsp3) is 0.632. The highest BCUT2D eigenvalue weighted by molar-refractivity contribution is 5.79. The van der Waals surface area contributed by atoms with Gasteiger partial charge in [-0.2, -0.15) is 8.78 Å². The molecule has 0 fully saturated rings. The summed E-state index contributed by atoms with van der Waals surface area (Å²) in [7, 11) is 1.47. The quantitative estimate of drug-likeness (QED) is 0.327. The molecule has 0 bridgehead atoms. The minimum absolute atomic E-state index is 0.0611. The highest BCUT2D eigenvalue weighted by Gasteiger charge is 2.11. The van der Waals surface area contributed by atoms with Crippen LogP contribution in [0.2, 0.25) is 0 Å². The average molecular weight is 387 g/mol. The first kappa shape index (κ1) is 23.0. The Morgan fingerprint density at radius 1 is 1.22 bits per heavy atom. The minimum atomic E-state index is -2.91. The number of methoxy groups -OCH3 is 1. The Hall–Kier alpha value is -2.09. The summed E-state index contributed by atoms with van der Waals surface area (Å²) in [6, 6.07) is 4.79. The molecule has 154 valence electrons. The number of guanidine groups is 1. The van der Waals surface area contributed by atoms with Gasteiger partial charge in [0.1, 0.15) is 11.5 Å². The van der Waals surface area contributed by atoms with Gasteiger partial charge in [-0.3, -0.25) is 0 Å². The van der Waals surface area contributed by atoms with Crippen LogP contribution in [-0.2, 0) is 11.3 Å². The van der Waals surface area contributed by atoms with Gasteiger partial charge in [-0.25, -0.2) is 4.99 Å². The number of alkyl halides is 2. The van der Waals surface area contributed by atoms with Crippen LogP contribution in [0.15, 0.2) is 23.2 Å². The van der Waals surface area contributed by atoms with Crippen LogP contribution in [0, 0.1) is 5.92 Å². The summed E-state index contributed by atoms with van der Waals surface area (Å²) in [5, 5.41) is 6.34. The number of aliphatic imine (C=N–C) groups is 1. The number of halogens is 2. The lowest BCUT2D eigenvalue weighted by molar-refractivity contribution is -0.0505. The topological polar surface area (TPSA) is 64.1 Å². The molecule has 0 spiro atoms. The zero-order chi connectivity index (χ0) is 20.1. The summed E-state index contributed by atoms with van der Waals surface area (Å²) in [5.41, 5.74) is 0.550. The molecule has 0 saturated heterocycles. The maximum Gasteiger partial charge on any atom is 0.387 e. The lowest BCUT2D eigenvalue weighted by Crippen LogP contribution is -2.38. The van der Waals surface area contributed by atoms with E-state index in [-0.39, 0.29) is 12.3 Å². The molecule has 8 heteroatoms. The number of benzene rings is 1. The lowest BCUT2D eigenvalue weighted by Gasteiger charge is -2.14. The second-order valence-electron chi connectivity index (χ2n) is 6.30. The largest absolute Gasteiger partial charge is 0.497 e. The molecule has 1 rings (SSSR count). The molecule has 0 heterocycles. The standard InChI is InChI=1S/C19H31F2N3O3/c1-5-22-19(23-9-6-10-26-13-14(2)3)24-12-15-7-8-16(25-4)11-17(15)27-18(20)21/h7-8,11,14,18H,5-6,9-10,12-13H2,1-4H3,(H2,22,23,24). The van der Waals surface area contributed by atoms with E-state index < -0.39 is 6.61 Å². The maximum absolute atomic E-state index is 12.6. The van der Waals surface area contributed by atoms with Gasteiger partial charge in [0, 0.05) is 37.9 Å². The Labute approximate surface area is 160 Å². The van der Waals surface area contributed by atoms with Crippen LogP contribution in [0.1, 0.15) is 32.8 Å². The molecule has 0 aliphatic heterocycles. The van der Waals surface area contributed by atoms with Crippen molar-refractivity contribution in [2.45, 2.75) is 40.3 Å². The van der Waals surface area contributed by atoms with Crippen molar-refractivity contribution in [2.75, 3.05) is 33.4 Å². The fourth-order valence-electron chi connectivity index (χ4n) is 2.20. The summed E-state index contributed by atoms with van der Waals surface area (Å²) in [6.07, 6.45) is 0.847. The second kappa shape index (κ2) is 13.1. The van der Waals surface area contributed by atoms with Crippen LogP contribution in [0.5, 0.6) is 11.5 Å².